The number of nitrogens with zero attached hydrogens (tertiary/aromatic N) is 1. The first-order valence-corrected chi connectivity index (χ1v) is 10.8. The monoisotopic (exact) mass is 358 g/mol. The SMILES string of the molecule is CCN(C(=O)C(C)(C)C(=O)NC1CCCCC1)C1CCS(=O)(=O)C1. The van der Waals surface area contributed by atoms with Crippen LogP contribution in [0.2, 0.25) is 0 Å². The van der Waals surface area contributed by atoms with E-state index in [0.717, 1.165) is 25.7 Å². The summed E-state index contributed by atoms with van der Waals surface area (Å²) in [7, 11) is -3.07. The van der Waals surface area contributed by atoms with Crippen LogP contribution in [0.15, 0.2) is 0 Å². The van der Waals surface area contributed by atoms with Gasteiger partial charge in [-0.25, -0.2) is 8.42 Å². The molecule has 2 fully saturated rings. The summed E-state index contributed by atoms with van der Waals surface area (Å²) < 4.78 is 23.4. The largest absolute Gasteiger partial charge is 0.352 e. The Morgan fingerprint density at radius 3 is 2.25 bits per heavy atom. The summed E-state index contributed by atoms with van der Waals surface area (Å²) in [6.07, 6.45) is 5.82. The summed E-state index contributed by atoms with van der Waals surface area (Å²) in [5.41, 5.74) is -1.18. The third-order valence-corrected chi connectivity index (χ3v) is 7.04. The molecule has 0 radical (unpaired) electrons. The van der Waals surface area contributed by atoms with E-state index < -0.39 is 15.3 Å². The van der Waals surface area contributed by atoms with Crippen molar-refractivity contribution < 1.29 is 18.0 Å². The smallest absolute Gasteiger partial charge is 0.237 e. The molecule has 2 rings (SSSR count). The van der Waals surface area contributed by atoms with Gasteiger partial charge in [0, 0.05) is 18.6 Å². The molecule has 0 aromatic carbocycles. The summed E-state index contributed by atoms with van der Waals surface area (Å²) in [6, 6.07) is -0.158. The fourth-order valence-electron chi connectivity index (χ4n) is 3.66. The normalized spacial score (nSPS) is 24.5. The van der Waals surface area contributed by atoms with Crippen molar-refractivity contribution in [1.29, 1.82) is 0 Å². The second kappa shape index (κ2) is 7.42. The second-order valence-electron chi connectivity index (χ2n) is 7.58. The molecule has 0 bridgehead atoms. The quantitative estimate of drug-likeness (QED) is 0.755. The lowest BCUT2D eigenvalue weighted by Crippen LogP contribution is -2.54. The maximum Gasteiger partial charge on any atom is 0.237 e. The van der Waals surface area contributed by atoms with Crippen molar-refractivity contribution in [1.82, 2.24) is 10.2 Å². The van der Waals surface area contributed by atoms with E-state index in [9.17, 15) is 18.0 Å². The van der Waals surface area contributed by atoms with Crippen LogP contribution in [0, 0.1) is 5.41 Å². The maximum atomic E-state index is 12.9. The molecule has 1 saturated heterocycles. The van der Waals surface area contributed by atoms with Crippen LogP contribution in [0.1, 0.15) is 59.3 Å². The van der Waals surface area contributed by atoms with Crippen molar-refractivity contribution in [2.45, 2.75) is 71.4 Å². The zero-order valence-electron chi connectivity index (χ0n) is 15.0. The molecule has 0 spiro atoms. The highest BCUT2D eigenvalue weighted by Gasteiger charge is 2.43. The molecule has 1 saturated carbocycles. The highest BCUT2D eigenvalue weighted by molar-refractivity contribution is 7.91. The average molecular weight is 359 g/mol. The van der Waals surface area contributed by atoms with Gasteiger partial charge in [0.25, 0.3) is 0 Å². The van der Waals surface area contributed by atoms with E-state index in [1.54, 1.807) is 18.7 Å². The summed E-state index contributed by atoms with van der Waals surface area (Å²) in [4.78, 5) is 27.2. The van der Waals surface area contributed by atoms with Crippen LogP contribution < -0.4 is 5.32 Å². The topological polar surface area (TPSA) is 83.6 Å². The number of rotatable bonds is 5. The minimum atomic E-state index is -3.07. The number of nitrogens with one attached hydrogen (secondary N) is 1. The fourth-order valence-corrected chi connectivity index (χ4v) is 5.39. The number of amides is 2. The van der Waals surface area contributed by atoms with Crippen LogP contribution >= 0.6 is 0 Å². The van der Waals surface area contributed by atoms with E-state index in [1.807, 2.05) is 6.92 Å². The molecule has 0 aromatic heterocycles. The molecule has 0 aromatic rings. The van der Waals surface area contributed by atoms with Gasteiger partial charge < -0.3 is 10.2 Å². The Labute approximate surface area is 145 Å². The molecular weight excluding hydrogens is 328 g/mol. The predicted octanol–water partition coefficient (Wildman–Crippen LogP) is 1.50. The molecule has 2 aliphatic rings. The van der Waals surface area contributed by atoms with Gasteiger partial charge in [-0.05, 0) is 40.0 Å². The number of hydrogen-bond acceptors (Lipinski definition) is 4. The van der Waals surface area contributed by atoms with Crippen LogP contribution in [0.25, 0.3) is 0 Å². The molecule has 1 N–H and O–H groups in total. The van der Waals surface area contributed by atoms with Crippen molar-refractivity contribution in [2.75, 3.05) is 18.1 Å². The molecule has 138 valence electrons. The predicted molar refractivity (Wildman–Crippen MR) is 93.2 cm³/mol. The van der Waals surface area contributed by atoms with Gasteiger partial charge in [0.1, 0.15) is 5.41 Å². The zero-order chi connectivity index (χ0) is 18.0. The molecule has 1 aliphatic heterocycles. The first kappa shape index (κ1) is 19.2. The second-order valence-corrected chi connectivity index (χ2v) is 9.81. The lowest BCUT2D eigenvalue weighted by Gasteiger charge is -2.35. The van der Waals surface area contributed by atoms with Crippen molar-refractivity contribution >= 4 is 21.7 Å². The van der Waals surface area contributed by atoms with E-state index in [0.29, 0.717) is 13.0 Å². The Bertz CT molecular complexity index is 579. The van der Waals surface area contributed by atoms with Crippen molar-refractivity contribution in [3.63, 3.8) is 0 Å². The summed E-state index contributed by atoms with van der Waals surface area (Å²) in [5.74, 6) is -0.401. The van der Waals surface area contributed by atoms with Gasteiger partial charge in [-0.3, -0.25) is 9.59 Å². The number of carbonyl (C=O) groups excluding carboxylic acids is 2. The van der Waals surface area contributed by atoms with Crippen LogP contribution in [-0.4, -0.2) is 55.3 Å². The summed E-state index contributed by atoms with van der Waals surface area (Å²) in [6.45, 7) is 5.52. The first-order chi connectivity index (χ1) is 11.2. The third kappa shape index (κ3) is 4.29. The standard InChI is InChI=1S/C17H30N2O4S/c1-4-19(14-10-11-24(22,23)12-14)16(21)17(2,3)15(20)18-13-8-6-5-7-9-13/h13-14H,4-12H2,1-3H3,(H,18,20). The van der Waals surface area contributed by atoms with Gasteiger partial charge in [0.2, 0.25) is 11.8 Å². The highest BCUT2D eigenvalue weighted by Crippen LogP contribution is 2.26. The van der Waals surface area contributed by atoms with E-state index in [1.165, 1.54) is 6.42 Å². The lowest BCUT2D eigenvalue weighted by atomic mass is 9.87. The first-order valence-electron chi connectivity index (χ1n) is 9.00. The highest BCUT2D eigenvalue weighted by atomic mass is 32.2. The molecule has 1 heterocycles. The van der Waals surface area contributed by atoms with Gasteiger partial charge in [-0.1, -0.05) is 19.3 Å². The molecule has 7 heteroatoms. The van der Waals surface area contributed by atoms with Gasteiger partial charge in [-0.2, -0.15) is 0 Å². The lowest BCUT2D eigenvalue weighted by molar-refractivity contribution is -0.150. The molecule has 6 nitrogen and oxygen atoms in total. The average Bonchev–Trinajstić information content (AvgIpc) is 2.88. The maximum absolute atomic E-state index is 12.9. The minimum absolute atomic E-state index is 0.00685. The molecule has 1 unspecified atom stereocenters. The molecule has 2 amide bonds. The summed E-state index contributed by atoms with van der Waals surface area (Å²) >= 11 is 0. The summed E-state index contributed by atoms with van der Waals surface area (Å²) in [5, 5.41) is 3.02. The van der Waals surface area contributed by atoms with Gasteiger partial charge in [-0.15, -0.1) is 0 Å². The van der Waals surface area contributed by atoms with Gasteiger partial charge >= 0.3 is 0 Å². The van der Waals surface area contributed by atoms with E-state index in [2.05, 4.69) is 5.32 Å². The zero-order valence-corrected chi connectivity index (χ0v) is 15.8. The third-order valence-electron chi connectivity index (χ3n) is 5.29. The minimum Gasteiger partial charge on any atom is -0.352 e. The number of sulfone groups is 1. The van der Waals surface area contributed by atoms with Gasteiger partial charge in [0.05, 0.1) is 11.5 Å². The number of carbonyl (C=O) groups is 2. The Hall–Kier alpha value is -1.11. The van der Waals surface area contributed by atoms with Crippen molar-refractivity contribution in [3.05, 3.63) is 0 Å². The Morgan fingerprint density at radius 2 is 1.75 bits per heavy atom. The Kier molecular flexibility index (Phi) is 5.94. The molecular formula is C17H30N2O4S. The van der Waals surface area contributed by atoms with Gasteiger partial charge in [0.15, 0.2) is 9.84 Å². The van der Waals surface area contributed by atoms with E-state index in [-0.39, 0.29) is 35.4 Å². The number of hydrogen-bond donors (Lipinski definition) is 1. The van der Waals surface area contributed by atoms with E-state index in [4.69, 9.17) is 0 Å². The van der Waals surface area contributed by atoms with Crippen molar-refractivity contribution in [3.8, 4) is 0 Å². The van der Waals surface area contributed by atoms with Crippen LogP contribution in [0.3, 0.4) is 0 Å². The molecule has 24 heavy (non-hydrogen) atoms. The molecule has 1 aliphatic carbocycles. The fraction of sp³-hybridized carbons (Fsp3) is 0.882. The molecule has 1 atom stereocenters. The Balaban J connectivity index is 2.05. The van der Waals surface area contributed by atoms with Crippen LogP contribution in [0.5, 0.6) is 0 Å². The van der Waals surface area contributed by atoms with Crippen LogP contribution in [-0.2, 0) is 19.4 Å². The Morgan fingerprint density at radius 1 is 1.12 bits per heavy atom. The van der Waals surface area contributed by atoms with Crippen molar-refractivity contribution in [2.24, 2.45) is 5.41 Å². The van der Waals surface area contributed by atoms with Crippen LogP contribution in [0.4, 0.5) is 0 Å². The van der Waals surface area contributed by atoms with E-state index >= 15 is 0 Å².